The largest absolute Gasteiger partial charge is 0.419 e. The second kappa shape index (κ2) is 5.03. The van der Waals surface area contributed by atoms with Crippen LogP contribution in [0.3, 0.4) is 0 Å². The normalized spacial score (nSPS) is 11.3. The van der Waals surface area contributed by atoms with Gasteiger partial charge in [0.25, 0.3) is 0 Å². The Labute approximate surface area is 102 Å². The van der Waals surface area contributed by atoms with E-state index in [0.29, 0.717) is 0 Å². The van der Waals surface area contributed by atoms with Crippen molar-refractivity contribution in [2.24, 2.45) is 0 Å². The number of hydrogen-bond donors (Lipinski definition) is 1. The number of rotatable bonds is 3. The molecular weight excluding hydrogens is 243 g/mol. The van der Waals surface area contributed by atoms with Crippen LogP contribution in [-0.4, -0.2) is 9.97 Å². The number of hydrogen-bond acceptors (Lipinski definition) is 3. The van der Waals surface area contributed by atoms with Gasteiger partial charge in [-0.2, -0.15) is 13.2 Å². The molecule has 0 saturated heterocycles. The van der Waals surface area contributed by atoms with Crippen molar-refractivity contribution in [3.63, 3.8) is 0 Å². The monoisotopic (exact) mass is 253 g/mol. The Hall–Kier alpha value is -2.11. The molecule has 0 bridgehead atoms. The molecule has 0 atom stereocenters. The summed E-state index contributed by atoms with van der Waals surface area (Å²) < 4.78 is 38.1. The zero-order valence-corrected chi connectivity index (χ0v) is 9.28. The summed E-state index contributed by atoms with van der Waals surface area (Å²) in [6.45, 7) is 0.266. The van der Waals surface area contributed by atoms with Crippen molar-refractivity contribution >= 4 is 5.82 Å². The van der Waals surface area contributed by atoms with Crippen molar-refractivity contribution in [3.05, 3.63) is 54.0 Å². The quantitative estimate of drug-likeness (QED) is 0.913. The van der Waals surface area contributed by atoms with Gasteiger partial charge < -0.3 is 5.32 Å². The lowest BCUT2D eigenvalue weighted by Crippen LogP contribution is -2.12. The standard InChI is InChI=1S/C12H10F3N3/c13-12(14,15)10-2-1-5-17-11(10)18-8-9-3-6-16-7-4-9/h1-7H,8H2,(H,17,18). The highest BCUT2D eigenvalue weighted by Gasteiger charge is 2.33. The zero-order chi connectivity index (χ0) is 13.0. The van der Waals surface area contributed by atoms with Crippen LogP contribution in [0.1, 0.15) is 11.1 Å². The first-order chi connectivity index (χ1) is 8.57. The van der Waals surface area contributed by atoms with Crippen molar-refractivity contribution in [2.75, 3.05) is 5.32 Å². The van der Waals surface area contributed by atoms with E-state index in [4.69, 9.17) is 0 Å². The highest BCUT2D eigenvalue weighted by molar-refractivity contribution is 5.45. The van der Waals surface area contributed by atoms with E-state index in [1.807, 2.05) is 0 Å². The molecule has 0 spiro atoms. The lowest BCUT2D eigenvalue weighted by molar-refractivity contribution is -0.137. The average Bonchev–Trinajstić information content (AvgIpc) is 2.37. The molecule has 94 valence electrons. The van der Waals surface area contributed by atoms with E-state index in [9.17, 15) is 13.2 Å². The van der Waals surface area contributed by atoms with Crippen LogP contribution in [0.5, 0.6) is 0 Å². The van der Waals surface area contributed by atoms with Crippen LogP contribution in [0, 0.1) is 0 Å². The molecule has 0 saturated carbocycles. The Morgan fingerprint density at radius 3 is 2.44 bits per heavy atom. The van der Waals surface area contributed by atoms with Crippen LogP contribution < -0.4 is 5.32 Å². The fraction of sp³-hybridized carbons (Fsp3) is 0.167. The van der Waals surface area contributed by atoms with E-state index in [0.717, 1.165) is 11.6 Å². The Morgan fingerprint density at radius 1 is 1.06 bits per heavy atom. The first-order valence-electron chi connectivity index (χ1n) is 5.22. The highest BCUT2D eigenvalue weighted by atomic mass is 19.4. The van der Waals surface area contributed by atoms with Gasteiger partial charge in [0.05, 0.1) is 5.56 Å². The number of alkyl halides is 3. The third-order valence-corrected chi connectivity index (χ3v) is 2.32. The first kappa shape index (κ1) is 12.3. The predicted octanol–water partition coefficient (Wildman–Crippen LogP) is 3.11. The summed E-state index contributed by atoms with van der Waals surface area (Å²) in [5.74, 6) is -0.165. The van der Waals surface area contributed by atoms with Crippen LogP contribution >= 0.6 is 0 Å². The maximum atomic E-state index is 12.7. The topological polar surface area (TPSA) is 37.8 Å². The van der Waals surface area contributed by atoms with Crippen LogP contribution in [0.15, 0.2) is 42.9 Å². The Balaban J connectivity index is 2.15. The molecule has 2 aromatic heterocycles. The average molecular weight is 253 g/mol. The molecule has 3 nitrogen and oxygen atoms in total. The lowest BCUT2D eigenvalue weighted by atomic mass is 10.2. The van der Waals surface area contributed by atoms with E-state index in [1.54, 1.807) is 24.5 Å². The third-order valence-electron chi connectivity index (χ3n) is 2.32. The molecule has 1 N–H and O–H groups in total. The molecule has 2 aromatic rings. The fourth-order valence-corrected chi connectivity index (χ4v) is 1.46. The van der Waals surface area contributed by atoms with Gasteiger partial charge in [-0.05, 0) is 29.8 Å². The number of halogens is 3. The fourth-order valence-electron chi connectivity index (χ4n) is 1.46. The minimum atomic E-state index is -4.41. The van der Waals surface area contributed by atoms with Crippen molar-refractivity contribution in [2.45, 2.75) is 12.7 Å². The summed E-state index contributed by atoms with van der Waals surface area (Å²) in [6, 6.07) is 5.72. The van der Waals surface area contributed by atoms with Gasteiger partial charge in [0.2, 0.25) is 0 Å². The van der Waals surface area contributed by atoms with Gasteiger partial charge in [-0.3, -0.25) is 4.98 Å². The molecular formula is C12H10F3N3. The van der Waals surface area contributed by atoms with E-state index in [2.05, 4.69) is 15.3 Å². The van der Waals surface area contributed by atoms with Crippen LogP contribution in [0.25, 0.3) is 0 Å². The number of anilines is 1. The molecule has 0 aliphatic rings. The Bertz CT molecular complexity index is 511. The van der Waals surface area contributed by atoms with Crippen molar-refractivity contribution in [3.8, 4) is 0 Å². The van der Waals surface area contributed by atoms with Gasteiger partial charge in [-0.15, -0.1) is 0 Å². The summed E-state index contributed by atoms with van der Waals surface area (Å²) in [5.41, 5.74) is 0.0721. The molecule has 0 radical (unpaired) electrons. The van der Waals surface area contributed by atoms with Gasteiger partial charge >= 0.3 is 6.18 Å². The summed E-state index contributed by atoms with van der Waals surface area (Å²) in [4.78, 5) is 7.55. The lowest BCUT2D eigenvalue weighted by Gasteiger charge is -2.12. The Morgan fingerprint density at radius 2 is 1.78 bits per heavy atom. The van der Waals surface area contributed by atoms with Crippen LogP contribution in [0.4, 0.5) is 19.0 Å². The first-order valence-corrected chi connectivity index (χ1v) is 5.22. The molecule has 6 heteroatoms. The molecule has 0 aromatic carbocycles. The molecule has 2 rings (SSSR count). The maximum absolute atomic E-state index is 12.7. The minimum absolute atomic E-state index is 0.165. The van der Waals surface area contributed by atoms with Crippen molar-refractivity contribution in [1.82, 2.24) is 9.97 Å². The summed E-state index contributed by atoms with van der Waals surface area (Å²) in [5, 5.41) is 2.68. The SMILES string of the molecule is FC(F)(F)c1cccnc1NCc1ccncc1. The van der Waals surface area contributed by atoms with Crippen LogP contribution in [0.2, 0.25) is 0 Å². The van der Waals surface area contributed by atoms with Crippen molar-refractivity contribution in [1.29, 1.82) is 0 Å². The Kier molecular flexibility index (Phi) is 3.45. The van der Waals surface area contributed by atoms with Gasteiger partial charge in [-0.25, -0.2) is 4.98 Å². The van der Waals surface area contributed by atoms with Gasteiger partial charge in [0.15, 0.2) is 0 Å². The van der Waals surface area contributed by atoms with E-state index in [1.165, 1.54) is 12.3 Å². The highest BCUT2D eigenvalue weighted by Crippen LogP contribution is 2.33. The zero-order valence-electron chi connectivity index (χ0n) is 9.28. The van der Waals surface area contributed by atoms with E-state index in [-0.39, 0.29) is 12.4 Å². The number of nitrogens with zero attached hydrogens (tertiary/aromatic N) is 2. The number of pyridine rings is 2. The molecule has 0 aliphatic carbocycles. The molecule has 0 aliphatic heterocycles. The molecule has 0 fully saturated rings. The minimum Gasteiger partial charge on any atom is -0.365 e. The molecule has 0 unspecified atom stereocenters. The molecule has 0 amide bonds. The summed E-state index contributed by atoms with van der Waals surface area (Å²) in [7, 11) is 0. The second-order valence-electron chi connectivity index (χ2n) is 3.61. The smallest absolute Gasteiger partial charge is 0.365 e. The number of nitrogens with one attached hydrogen (secondary N) is 1. The summed E-state index contributed by atoms with van der Waals surface area (Å²) >= 11 is 0. The molecule has 2 heterocycles. The second-order valence-corrected chi connectivity index (χ2v) is 3.61. The molecule has 18 heavy (non-hydrogen) atoms. The van der Waals surface area contributed by atoms with Crippen molar-refractivity contribution < 1.29 is 13.2 Å². The van der Waals surface area contributed by atoms with Gasteiger partial charge in [-0.1, -0.05) is 0 Å². The maximum Gasteiger partial charge on any atom is 0.419 e. The van der Waals surface area contributed by atoms with E-state index >= 15 is 0 Å². The van der Waals surface area contributed by atoms with E-state index < -0.39 is 11.7 Å². The van der Waals surface area contributed by atoms with Crippen LogP contribution in [-0.2, 0) is 12.7 Å². The number of aromatic nitrogens is 2. The summed E-state index contributed by atoms with van der Waals surface area (Å²) in [6.07, 6.45) is 0.0825. The van der Waals surface area contributed by atoms with Gasteiger partial charge in [0, 0.05) is 25.1 Å². The van der Waals surface area contributed by atoms with Gasteiger partial charge in [0.1, 0.15) is 5.82 Å². The predicted molar refractivity (Wildman–Crippen MR) is 60.8 cm³/mol. The third kappa shape index (κ3) is 2.97.